The monoisotopic (exact) mass is 559 g/mol. The third-order valence-corrected chi connectivity index (χ3v) is 9.09. The van der Waals surface area contributed by atoms with E-state index in [4.69, 9.17) is 9.47 Å². The highest BCUT2D eigenvalue weighted by atomic mass is 16.6. The van der Waals surface area contributed by atoms with Crippen molar-refractivity contribution in [2.45, 2.75) is 103 Å². The Kier molecular flexibility index (Phi) is 9.40. The lowest BCUT2D eigenvalue weighted by atomic mass is 9.77. The van der Waals surface area contributed by atoms with E-state index in [0.717, 1.165) is 12.8 Å². The van der Waals surface area contributed by atoms with Gasteiger partial charge in [-0.15, -0.1) is 0 Å². The number of rotatable bonds is 7. The number of hydrogen-bond donors (Lipinski definition) is 2. The molecule has 2 fully saturated rings. The number of hydrogen-bond acceptors (Lipinski definition) is 7. The van der Waals surface area contributed by atoms with Crippen LogP contribution in [0.3, 0.4) is 0 Å². The number of fused-ring (bicyclic) bond motifs is 2. The third kappa shape index (κ3) is 5.32. The van der Waals surface area contributed by atoms with E-state index in [9.17, 15) is 24.3 Å². The summed E-state index contributed by atoms with van der Waals surface area (Å²) in [5, 5.41) is 13.3. The van der Waals surface area contributed by atoms with Gasteiger partial charge in [-0.1, -0.05) is 57.9 Å². The first-order chi connectivity index (χ1) is 19.1. The summed E-state index contributed by atoms with van der Waals surface area (Å²) < 4.78 is 12.4. The Hall–Kier alpha value is -2.72. The summed E-state index contributed by atoms with van der Waals surface area (Å²) in [5.41, 5.74) is -1.40. The van der Waals surface area contributed by atoms with Crippen LogP contribution in [0.15, 0.2) is 24.3 Å². The molecular weight excluding hydrogens is 514 g/mol. The second-order valence-corrected chi connectivity index (χ2v) is 11.8. The fourth-order valence-corrected chi connectivity index (χ4v) is 6.76. The zero-order valence-electron chi connectivity index (χ0n) is 24.4. The van der Waals surface area contributed by atoms with E-state index < -0.39 is 47.7 Å². The molecule has 0 bridgehead atoms. The van der Waals surface area contributed by atoms with Gasteiger partial charge < -0.3 is 29.7 Å². The SMILES string of the molecule is CCCC(C)N1CC=C[C@]23O[C@@H]4/C=C\CCC(=O)NC[C@@H](C)OC(=O)[C@@H]4[C@H]2C(=O)N([C@@H](CO)[C@@H](C)CC)[C@@H]3C1=O. The van der Waals surface area contributed by atoms with Gasteiger partial charge in [-0.05, 0) is 32.6 Å². The number of amides is 3. The van der Waals surface area contributed by atoms with Crippen LogP contribution in [0.5, 0.6) is 0 Å². The molecule has 0 aromatic carbocycles. The van der Waals surface area contributed by atoms with Crippen molar-refractivity contribution in [3.05, 3.63) is 24.3 Å². The lowest BCUT2D eigenvalue weighted by molar-refractivity contribution is -0.160. The lowest BCUT2D eigenvalue weighted by Gasteiger charge is -2.41. The molecule has 10 nitrogen and oxygen atoms in total. The maximum absolute atomic E-state index is 14.5. The number of carbonyl (C=O) groups excluding carboxylic acids is 4. The molecule has 0 aliphatic carbocycles. The summed E-state index contributed by atoms with van der Waals surface area (Å²) in [5.74, 6) is -3.42. The summed E-state index contributed by atoms with van der Waals surface area (Å²) in [6.07, 6.45) is 8.89. The third-order valence-electron chi connectivity index (χ3n) is 9.09. The van der Waals surface area contributed by atoms with E-state index in [1.165, 1.54) is 4.90 Å². The fourth-order valence-electron chi connectivity index (χ4n) is 6.76. The first kappa shape index (κ1) is 30.2. The van der Waals surface area contributed by atoms with Crippen molar-refractivity contribution in [2.75, 3.05) is 19.7 Å². The van der Waals surface area contributed by atoms with Gasteiger partial charge in [0.15, 0.2) is 0 Å². The molecule has 4 aliphatic heterocycles. The molecule has 9 atom stereocenters. The van der Waals surface area contributed by atoms with Crippen molar-refractivity contribution in [3.63, 3.8) is 0 Å². The van der Waals surface area contributed by atoms with Crippen LogP contribution < -0.4 is 5.32 Å². The van der Waals surface area contributed by atoms with Gasteiger partial charge in [-0.2, -0.15) is 0 Å². The fraction of sp³-hybridized carbons (Fsp3) is 0.733. The van der Waals surface area contributed by atoms with E-state index in [1.807, 2.05) is 32.9 Å². The number of nitrogens with one attached hydrogen (secondary N) is 1. The second-order valence-electron chi connectivity index (χ2n) is 11.8. The topological polar surface area (TPSA) is 125 Å². The molecule has 40 heavy (non-hydrogen) atoms. The minimum atomic E-state index is -1.40. The van der Waals surface area contributed by atoms with Crippen LogP contribution in [0.25, 0.3) is 0 Å². The van der Waals surface area contributed by atoms with Crippen LogP contribution in [-0.4, -0.2) is 94.2 Å². The van der Waals surface area contributed by atoms with E-state index >= 15 is 0 Å². The van der Waals surface area contributed by atoms with Gasteiger partial charge >= 0.3 is 5.97 Å². The largest absolute Gasteiger partial charge is 0.460 e. The number of allylic oxidation sites excluding steroid dienone is 1. The first-order valence-corrected chi connectivity index (χ1v) is 14.8. The Morgan fingerprint density at radius 3 is 2.58 bits per heavy atom. The van der Waals surface area contributed by atoms with Gasteiger partial charge in [0, 0.05) is 19.0 Å². The van der Waals surface area contributed by atoms with Gasteiger partial charge in [-0.3, -0.25) is 19.2 Å². The molecule has 1 spiro atoms. The predicted octanol–water partition coefficient (Wildman–Crippen LogP) is 1.96. The zero-order valence-corrected chi connectivity index (χ0v) is 24.4. The molecule has 0 radical (unpaired) electrons. The Labute approximate surface area is 237 Å². The number of cyclic esters (lactones) is 1. The zero-order chi connectivity index (χ0) is 29.2. The van der Waals surface area contributed by atoms with E-state index in [2.05, 4.69) is 12.2 Å². The summed E-state index contributed by atoms with van der Waals surface area (Å²) in [7, 11) is 0. The van der Waals surface area contributed by atoms with E-state index in [-0.39, 0.29) is 49.3 Å². The van der Waals surface area contributed by atoms with Crippen molar-refractivity contribution in [1.29, 1.82) is 0 Å². The minimum Gasteiger partial charge on any atom is -0.460 e. The molecule has 0 saturated carbocycles. The van der Waals surface area contributed by atoms with Gasteiger partial charge in [-0.25, -0.2) is 0 Å². The Morgan fingerprint density at radius 2 is 1.90 bits per heavy atom. The van der Waals surface area contributed by atoms with Gasteiger partial charge in [0.1, 0.15) is 23.7 Å². The van der Waals surface area contributed by atoms with Gasteiger partial charge in [0.05, 0.1) is 31.2 Å². The number of aliphatic hydroxyl groups excluding tert-OH is 1. The smallest absolute Gasteiger partial charge is 0.313 e. The highest BCUT2D eigenvalue weighted by Gasteiger charge is 2.72. The molecule has 0 aromatic heterocycles. The minimum absolute atomic E-state index is 0.0603. The number of likely N-dealkylation sites (tertiary alicyclic amines) is 1. The summed E-state index contributed by atoms with van der Waals surface area (Å²) in [6.45, 7) is 9.92. The Morgan fingerprint density at radius 1 is 1.15 bits per heavy atom. The summed E-state index contributed by atoms with van der Waals surface area (Å²) >= 11 is 0. The maximum atomic E-state index is 14.5. The summed E-state index contributed by atoms with van der Waals surface area (Å²) in [6, 6.07) is -1.70. The van der Waals surface area contributed by atoms with Crippen molar-refractivity contribution >= 4 is 23.7 Å². The number of carbonyl (C=O) groups is 4. The van der Waals surface area contributed by atoms with Crippen LogP contribution in [0.2, 0.25) is 0 Å². The number of esters is 1. The Balaban J connectivity index is 1.84. The first-order valence-electron chi connectivity index (χ1n) is 14.8. The van der Waals surface area contributed by atoms with Crippen molar-refractivity contribution in [2.24, 2.45) is 17.8 Å². The molecule has 10 heteroatoms. The van der Waals surface area contributed by atoms with Gasteiger partial charge in [0.25, 0.3) is 0 Å². The standard InChI is InChI=1S/C30H45N3O7/c1-6-11-19(4)32-15-10-14-30-25(27(36)33(26(30)28(32)37)21(17-34)18(3)7-2)24-22(40-30)12-8-9-13-23(35)31-16-20(5)39-29(24)38/h8,10,12,14,18-22,24-26,34H,6-7,9,11,13,15-17H2,1-5H3,(H,31,35)/b12-8-/t18-,19?,20+,21-,22+,24-,25-,26+,30-/m0/s1. The highest BCUT2D eigenvalue weighted by molar-refractivity contribution is 5.99. The average molecular weight is 560 g/mol. The maximum Gasteiger partial charge on any atom is 0.313 e. The quantitative estimate of drug-likeness (QED) is 0.361. The van der Waals surface area contributed by atoms with E-state index in [0.29, 0.717) is 19.4 Å². The van der Waals surface area contributed by atoms with Crippen LogP contribution in [0.4, 0.5) is 0 Å². The number of nitrogens with zero attached hydrogens (tertiary/aromatic N) is 2. The number of ether oxygens (including phenoxy) is 2. The molecule has 2 saturated heterocycles. The highest BCUT2D eigenvalue weighted by Crippen LogP contribution is 2.54. The van der Waals surface area contributed by atoms with Crippen LogP contribution in [0, 0.1) is 17.8 Å². The van der Waals surface area contributed by atoms with Crippen molar-refractivity contribution in [3.8, 4) is 0 Å². The van der Waals surface area contributed by atoms with Gasteiger partial charge in [0.2, 0.25) is 17.7 Å². The van der Waals surface area contributed by atoms with Crippen LogP contribution in [-0.2, 0) is 28.7 Å². The van der Waals surface area contributed by atoms with Crippen molar-refractivity contribution < 1.29 is 33.8 Å². The average Bonchev–Trinajstić information content (AvgIpc) is 3.30. The van der Waals surface area contributed by atoms with E-state index in [1.54, 1.807) is 24.0 Å². The normalized spacial score (nSPS) is 35.8. The molecule has 4 rings (SSSR count). The molecule has 3 amide bonds. The van der Waals surface area contributed by atoms with Crippen LogP contribution >= 0.6 is 0 Å². The molecular formula is C30H45N3O7. The Bertz CT molecular complexity index is 1040. The molecule has 4 heterocycles. The molecule has 222 valence electrons. The number of aliphatic hydroxyl groups is 1. The predicted molar refractivity (Wildman–Crippen MR) is 148 cm³/mol. The lowest BCUT2D eigenvalue weighted by Crippen LogP contribution is -2.60. The molecule has 1 unspecified atom stereocenters. The van der Waals surface area contributed by atoms with Crippen LogP contribution in [0.1, 0.15) is 66.7 Å². The van der Waals surface area contributed by atoms with Crippen molar-refractivity contribution in [1.82, 2.24) is 15.1 Å². The second kappa shape index (κ2) is 12.4. The molecule has 0 aromatic rings. The summed E-state index contributed by atoms with van der Waals surface area (Å²) in [4.78, 5) is 58.1. The molecule has 2 N–H and O–H groups in total. The molecule has 4 aliphatic rings.